The second kappa shape index (κ2) is 7.80. The van der Waals surface area contributed by atoms with Crippen LogP contribution < -0.4 is 9.62 Å². The number of carbonyl (C=O) groups excluding carboxylic acids is 1. The molecule has 1 unspecified atom stereocenters. The van der Waals surface area contributed by atoms with Crippen LogP contribution in [0.3, 0.4) is 0 Å². The van der Waals surface area contributed by atoms with Crippen LogP contribution in [-0.4, -0.2) is 17.2 Å². The molecule has 1 aliphatic rings. The van der Waals surface area contributed by atoms with Crippen molar-refractivity contribution in [2.45, 2.75) is 32.6 Å². The van der Waals surface area contributed by atoms with Crippen molar-refractivity contribution in [3.63, 3.8) is 0 Å². The van der Waals surface area contributed by atoms with Gasteiger partial charge >= 0.3 is 6.09 Å². The van der Waals surface area contributed by atoms with Gasteiger partial charge in [0, 0.05) is 17.7 Å². The third-order valence-electron chi connectivity index (χ3n) is 4.04. The molecule has 2 aromatic carbocycles. The minimum Gasteiger partial charge on any atom is -0.593 e. The van der Waals surface area contributed by atoms with Gasteiger partial charge in [0.25, 0.3) is 0 Å². The predicted molar refractivity (Wildman–Crippen MR) is 101 cm³/mol. The van der Waals surface area contributed by atoms with Crippen molar-refractivity contribution >= 4 is 28.8 Å². The SMILES string of the molecule is CCCN1C(=O)OCc2cc(N[S+]([O-])Cc3ccc(C)cc3)ccc21. The zero-order valence-electron chi connectivity index (χ0n) is 14.5. The molecule has 25 heavy (non-hydrogen) atoms. The monoisotopic (exact) mass is 358 g/mol. The Balaban J connectivity index is 1.69. The fourth-order valence-corrected chi connectivity index (χ4v) is 3.74. The average molecular weight is 358 g/mol. The van der Waals surface area contributed by atoms with Gasteiger partial charge in [-0.05, 0) is 31.5 Å². The minimum atomic E-state index is -1.22. The molecule has 132 valence electrons. The van der Waals surface area contributed by atoms with Crippen LogP contribution >= 0.6 is 0 Å². The van der Waals surface area contributed by atoms with Crippen LogP contribution in [0.1, 0.15) is 30.0 Å². The number of rotatable bonds is 6. The standard InChI is InChI=1S/C19H22N2O3S/c1-3-10-21-18-9-8-17(11-16(18)12-24-19(21)22)20-25(23)13-15-6-4-14(2)5-7-15/h4-9,11,20H,3,10,12-13H2,1-2H3. The fraction of sp³-hybridized carbons (Fsp3) is 0.316. The van der Waals surface area contributed by atoms with Gasteiger partial charge in [-0.1, -0.05) is 36.8 Å². The molecule has 1 atom stereocenters. The lowest BCUT2D eigenvalue weighted by atomic mass is 10.1. The number of nitrogens with zero attached hydrogens (tertiary/aromatic N) is 1. The molecule has 0 bridgehead atoms. The zero-order chi connectivity index (χ0) is 17.8. The van der Waals surface area contributed by atoms with Gasteiger partial charge in [-0.2, -0.15) is 0 Å². The van der Waals surface area contributed by atoms with E-state index >= 15 is 0 Å². The quantitative estimate of drug-likeness (QED) is 0.788. The lowest BCUT2D eigenvalue weighted by Gasteiger charge is -2.29. The number of hydrogen-bond donors (Lipinski definition) is 1. The van der Waals surface area contributed by atoms with Gasteiger partial charge in [0.2, 0.25) is 0 Å². The smallest absolute Gasteiger partial charge is 0.414 e. The molecular weight excluding hydrogens is 336 g/mol. The van der Waals surface area contributed by atoms with Crippen LogP contribution in [0.2, 0.25) is 0 Å². The van der Waals surface area contributed by atoms with E-state index in [1.165, 1.54) is 5.56 Å². The number of carbonyl (C=O) groups is 1. The molecule has 1 N–H and O–H groups in total. The number of fused-ring (bicyclic) bond motifs is 1. The maximum absolute atomic E-state index is 12.4. The molecule has 0 saturated heterocycles. The minimum absolute atomic E-state index is 0.245. The van der Waals surface area contributed by atoms with Crippen LogP contribution in [0.4, 0.5) is 16.2 Å². The largest absolute Gasteiger partial charge is 0.593 e. The molecule has 1 amide bonds. The third-order valence-corrected chi connectivity index (χ3v) is 5.10. The van der Waals surface area contributed by atoms with Crippen molar-refractivity contribution in [3.05, 3.63) is 59.2 Å². The van der Waals surface area contributed by atoms with Crippen LogP contribution in [0, 0.1) is 6.92 Å². The molecule has 1 heterocycles. The van der Waals surface area contributed by atoms with E-state index in [0.717, 1.165) is 28.9 Å². The molecule has 0 fully saturated rings. The van der Waals surface area contributed by atoms with E-state index in [2.05, 4.69) is 4.72 Å². The van der Waals surface area contributed by atoms with Crippen molar-refractivity contribution in [2.24, 2.45) is 0 Å². The van der Waals surface area contributed by atoms with E-state index in [9.17, 15) is 9.35 Å². The Bertz CT molecular complexity index is 749. The molecule has 0 aromatic heterocycles. The van der Waals surface area contributed by atoms with Gasteiger partial charge in [-0.3, -0.25) is 4.90 Å². The number of anilines is 2. The first-order valence-electron chi connectivity index (χ1n) is 8.34. The maximum atomic E-state index is 12.4. The van der Waals surface area contributed by atoms with Gasteiger partial charge in [0.15, 0.2) is 5.75 Å². The summed E-state index contributed by atoms with van der Waals surface area (Å²) in [6, 6.07) is 13.7. The van der Waals surface area contributed by atoms with Crippen molar-refractivity contribution < 1.29 is 14.1 Å². The Kier molecular flexibility index (Phi) is 5.50. The highest BCUT2D eigenvalue weighted by molar-refractivity contribution is 7.91. The normalized spacial score (nSPS) is 14.7. The lowest BCUT2D eigenvalue weighted by Crippen LogP contribution is -2.36. The molecule has 3 rings (SSSR count). The summed E-state index contributed by atoms with van der Waals surface area (Å²) in [7, 11) is 0. The highest BCUT2D eigenvalue weighted by Gasteiger charge is 2.25. The predicted octanol–water partition coefficient (Wildman–Crippen LogP) is 4.14. The molecule has 6 heteroatoms. The summed E-state index contributed by atoms with van der Waals surface area (Å²) in [5.74, 6) is 0.439. The number of aryl methyl sites for hydroxylation is 1. The number of cyclic esters (lactones) is 1. The maximum Gasteiger partial charge on any atom is 0.414 e. The first kappa shape index (κ1) is 17.6. The third kappa shape index (κ3) is 4.27. The highest BCUT2D eigenvalue weighted by atomic mass is 32.2. The van der Waals surface area contributed by atoms with E-state index in [1.807, 2.05) is 56.3 Å². The molecule has 5 nitrogen and oxygen atoms in total. The molecule has 0 aliphatic carbocycles. The fourth-order valence-electron chi connectivity index (χ4n) is 2.78. The highest BCUT2D eigenvalue weighted by Crippen LogP contribution is 2.30. The van der Waals surface area contributed by atoms with Crippen LogP contribution in [0.15, 0.2) is 42.5 Å². The summed E-state index contributed by atoms with van der Waals surface area (Å²) in [6.45, 7) is 4.92. The summed E-state index contributed by atoms with van der Waals surface area (Å²) in [5.41, 5.74) is 4.76. The summed E-state index contributed by atoms with van der Waals surface area (Å²) in [6.07, 6.45) is 0.549. The van der Waals surface area contributed by atoms with Crippen molar-refractivity contribution in [1.29, 1.82) is 0 Å². The van der Waals surface area contributed by atoms with Crippen molar-refractivity contribution in [3.8, 4) is 0 Å². The molecule has 1 aliphatic heterocycles. The molecule has 0 saturated carbocycles. The molecule has 0 spiro atoms. The van der Waals surface area contributed by atoms with Gasteiger partial charge in [0.05, 0.1) is 22.7 Å². The van der Waals surface area contributed by atoms with E-state index in [1.54, 1.807) is 4.90 Å². The van der Waals surface area contributed by atoms with Gasteiger partial charge in [0.1, 0.15) is 6.61 Å². The summed E-state index contributed by atoms with van der Waals surface area (Å²) < 4.78 is 20.6. The number of nitrogens with one attached hydrogen (secondary N) is 1. The van der Waals surface area contributed by atoms with Crippen molar-refractivity contribution in [2.75, 3.05) is 16.2 Å². The second-order valence-electron chi connectivity index (χ2n) is 6.13. The first-order valence-corrected chi connectivity index (χ1v) is 9.66. The average Bonchev–Trinajstić information content (AvgIpc) is 2.59. The Morgan fingerprint density at radius 2 is 2.00 bits per heavy atom. The summed E-state index contributed by atoms with van der Waals surface area (Å²) in [4.78, 5) is 13.5. The van der Waals surface area contributed by atoms with Gasteiger partial charge in [-0.25, -0.2) is 9.52 Å². The Hall–Kier alpha value is -2.18. The van der Waals surface area contributed by atoms with E-state index in [-0.39, 0.29) is 12.7 Å². The number of ether oxygens (including phenoxy) is 1. The Morgan fingerprint density at radius 1 is 1.24 bits per heavy atom. The summed E-state index contributed by atoms with van der Waals surface area (Å²) in [5, 5.41) is 0. The van der Waals surface area contributed by atoms with Gasteiger partial charge < -0.3 is 9.29 Å². The van der Waals surface area contributed by atoms with Crippen LogP contribution in [-0.2, 0) is 28.5 Å². The summed E-state index contributed by atoms with van der Waals surface area (Å²) >= 11 is -1.22. The zero-order valence-corrected chi connectivity index (χ0v) is 15.3. The van der Waals surface area contributed by atoms with Crippen LogP contribution in [0.25, 0.3) is 0 Å². The molecule has 0 radical (unpaired) electrons. The number of benzene rings is 2. The van der Waals surface area contributed by atoms with E-state index < -0.39 is 11.4 Å². The lowest BCUT2D eigenvalue weighted by molar-refractivity contribution is 0.142. The first-order chi connectivity index (χ1) is 12.1. The Morgan fingerprint density at radius 3 is 2.72 bits per heavy atom. The number of hydrogen-bond acceptors (Lipinski definition) is 4. The van der Waals surface area contributed by atoms with E-state index in [4.69, 9.17) is 4.74 Å². The molecular formula is C19H22N2O3S. The topological polar surface area (TPSA) is 64.6 Å². The Labute approximate surface area is 151 Å². The van der Waals surface area contributed by atoms with Gasteiger partial charge in [-0.15, -0.1) is 0 Å². The van der Waals surface area contributed by atoms with Crippen LogP contribution in [0.5, 0.6) is 0 Å². The van der Waals surface area contributed by atoms with Crippen molar-refractivity contribution in [1.82, 2.24) is 0 Å². The van der Waals surface area contributed by atoms with E-state index in [0.29, 0.717) is 12.3 Å². The number of amides is 1. The second-order valence-corrected chi connectivity index (χ2v) is 7.31. The molecule has 2 aromatic rings.